The molecular formula is C25H24N6O2. The maximum atomic E-state index is 12.6. The average Bonchev–Trinajstić information content (AvgIpc) is 3.29. The topological polar surface area (TPSA) is 102 Å². The Morgan fingerprint density at radius 1 is 1.06 bits per heavy atom. The van der Waals surface area contributed by atoms with Crippen LogP contribution in [0, 0.1) is 18.3 Å². The van der Waals surface area contributed by atoms with Crippen molar-refractivity contribution in [3.8, 4) is 17.3 Å². The first-order valence-corrected chi connectivity index (χ1v) is 11.0. The number of rotatable bonds is 4. The van der Waals surface area contributed by atoms with Crippen LogP contribution in [0.5, 0.6) is 0 Å². The molecule has 4 aromatic rings. The minimum atomic E-state index is -0.189. The Labute approximate surface area is 191 Å². The van der Waals surface area contributed by atoms with E-state index in [1.807, 2.05) is 18.2 Å². The Morgan fingerprint density at radius 2 is 1.82 bits per heavy atom. The van der Waals surface area contributed by atoms with Gasteiger partial charge in [0.05, 0.1) is 11.6 Å². The van der Waals surface area contributed by atoms with Crippen molar-refractivity contribution in [2.75, 3.05) is 31.1 Å². The van der Waals surface area contributed by atoms with Crippen LogP contribution in [0.3, 0.4) is 0 Å². The molecule has 8 nitrogen and oxygen atoms in total. The second kappa shape index (κ2) is 8.52. The summed E-state index contributed by atoms with van der Waals surface area (Å²) >= 11 is 0. The largest absolute Gasteiger partial charge is 0.408 e. The van der Waals surface area contributed by atoms with E-state index in [0.717, 1.165) is 31.7 Å². The molecule has 1 atom stereocenters. The molecule has 8 heteroatoms. The molecule has 2 aromatic carbocycles. The lowest BCUT2D eigenvalue weighted by Gasteiger charge is -2.37. The number of H-pyrrole nitrogens is 1. The Balaban J connectivity index is 1.33. The van der Waals surface area contributed by atoms with E-state index in [4.69, 9.17) is 4.42 Å². The Hall–Kier alpha value is -3.96. The van der Waals surface area contributed by atoms with Gasteiger partial charge in [-0.1, -0.05) is 35.4 Å². The number of aromatic amines is 1. The van der Waals surface area contributed by atoms with E-state index >= 15 is 0 Å². The second-order valence-corrected chi connectivity index (χ2v) is 8.32. The molecule has 33 heavy (non-hydrogen) atoms. The Kier molecular flexibility index (Phi) is 5.40. The monoisotopic (exact) mass is 440 g/mol. The molecule has 0 amide bonds. The maximum absolute atomic E-state index is 12.6. The summed E-state index contributed by atoms with van der Waals surface area (Å²) < 4.78 is 5.55. The van der Waals surface area contributed by atoms with Gasteiger partial charge in [0, 0.05) is 55.6 Å². The summed E-state index contributed by atoms with van der Waals surface area (Å²) in [6, 6.07) is 18.4. The predicted molar refractivity (Wildman–Crippen MR) is 126 cm³/mol. The fraction of sp³-hybridized carbons (Fsp3) is 0.280. The first kappa shape index (κ1) is 20.9. The number of hydrogen-bond donors (Lipinski definition) is 1. The van der Waals surface area contributed by atoms with E-state index in [9.17, 15) is 10.1 Å². The van der Waals surface area contributed by atoms with Crippen molar-refractivity contribution >= 4 is 16.8 Å². The van der Waals surface area contributed by atoms with Crippen molar-refractivity contribution in [2.24, 2.45) is 0 Å². The first-order valence-electron chi connectivity index (χ1n) is 11.0. The van der Waals surface area contributed by atoms with Crippen LogP contribution >= 0.6 is 0 Å². The summed E-state index contributed by atoms with van der Waals surface area (Å²) in [5, 5.41) is 18.6. The number of fused-ring (bicyclic) bond motifs is 1. The van der Waals surface area contributed by atoms with Crippen molar-refractivity contribution in [3.63, 3.8) is 0 Å². The zero-order chi connectivity index (χ0) is 22.9. The van der Waals surface area contributed by atoms with Crippen LogP contribution in [0.1, 0.15) is 30.0 Å². The van der Waals surface area contributed by atoms with Crippen LogP contribution < -0.4 is 10.5 Å². The molecule has 0 saturated carbocycles. The molecule has 0 aliphatic carbocycles. The number of anilines is 1. The second-order valence-electron chi connectivity index (χ2n) is 8.32. The molecule has 5 rings (SSSR count). The molecule has 0 bridgehead atoms. The number of aromatic nitrogens is 3. The maximum Gasteiger partial charge on any atom is 0.318 e. The van der Waals surface area contributed by atoms with Gasteiger partial charge in [-0.25, -0.2) is 0 Å². The van der Waals surface area contributed by atoms with Gasteiger partial charge in [0.15, 0.2) is 0 Å². The predicted octanol–water partition coefficient (Wildman–Crippen LogP) is 3.64. The van der Waals surface area contributed by atoms with Gasteiger partial charge in [-0.3, -0.25) is 9.69 Å². The van der Waals surface area contributed by atoms with Crippen molar-refractivity contribution in [2.45, 2.75) is 19.9 Å². The highest BCUT2D eigenvalue weighted by Gasteiger charge is 2.24. The summed E-state index contributed by atoms with van der Waals surface area (Å²) in [5.74, 6) is 0.581. The van der Waals surface area contributed by atoms with Gasteiger partial charge < -0.3 is 14.3 Å². The van der Waals surface area contributed by atoms with Crippen molar-refractivity contribution < 1.29 is 4.42 Å². The van der Waals surface area contributed by atoms with E-state index in [0.29, 0.717) is 33.9 Å². The summed E-state index contributed by atoms with van der Waals surface area (Å²) in [4.78, 5) is 20.1. The standard InChI is InChI=1S/C25H24N6O2/c1-16(30-10-12-31(13-11-30)25-29-28-17(2)33-25)18-6-8-19(9-7-18)23-14-22-20(15-26)4-3-5-21(22)24(32)27-23/h3-9,14,16H,10-13H2,1-2H3,(H,27,32). The molecule has 1 aliphatic heterocycles. The lowest BCUT2D eigenvalue weighted by molar-refractivity contribution is 0.195. The van der Waals surface area contributed by atoms with Crippen molar-refractivity contribution in [1.82, 2.24) is 20.1 Å². The minimum Gasteiger partial charge on any atom is -0.408 e. The molecule has 0 spiro atoms. The van der Waals surface area contributed by atoms with E-state index < -0.39 is 0 Å². The van der Waals surface area contributed by atoms with Gasteiger partial charge in [-0.05, 0) is 36.2 Å². The van der Waals surface area contributed by atoms with Crippen LogP contribution in [-0.4, -0.2) is 46.3 Å². The van der Waals surface area contributed by atoms with Gasteiger partial charge in [0.25, 0.3) is 5.56 Å². The Bertz CT molecular complexity index is 1390. The average molecular weight is 441 g/mol. The first-order chi connectivity index (χ1) is 16.0. The van der Waals surface area contributed by atoms with Gasteiger partial charge in [-0.15, -0.1) is 5.10 Å². The smallest absolute Gasteiger partial charge is 0.318 e. The zero-order valence-electron chi connectivity index (χ0n) is 18.6. The van der Waals surface area contributed by atoms with E-state index in [1.54, 1.807) is 25.1 Å². The van der Waals surface area contributed by atoms with Crippen LogP contribution in [0.25, 0.3) is 22.0 Å². The lowest BCUT2D eigenvalue weighted by Crippen LogP contribution is -2.47. The van der Waals surface area contributed by atoms with Crippen LogP contribution in [-0.2, 0) is 0 Å². The molecule has 1 fully saturated rings. The highest BCUT2D eigenvalue weighted by molar-refractivity contribution is 5.89. The molecule has 1 saturated heterocycles. The summed E-state index contributed by atoms with van der Waals surface area (Å²) in [5.41, 5.74) is 3.14. The van der Waals surface area contributed by atoms with Gasteiger partial charge in [-0.2, -0.15) is 5.26 Å². The van der Waals surface area contributed by atoms with E-state index in [2.05, 4.69) is 50.1 Å². The fourth-order valence-electron chi connectivity index (χ4n) is 4.41. The summed E-state index contributed by atoms with van der Waals surface area (Å²) in [6.07, 6.45) is 0. The van der Waals surface area contributed by atoms with Crippen LogP contribution in [0.4, 0.5) is 6.01 Å². The van der Waals surface area contributed by atoms with Crippen molar-refractivity contribution in [1.29, 1.82) is 5.26 Å². The number of benzene rings is 2. The number of nitriles is 1. The minimum absolute atomic E-state index is 0.189. The number of nitrogens with zero attached hydrogens (tertiary/aromatic N) is 5. The third-order valence-corrected chi connectivity index (χ3v) is 6.36. The van der Waals surface area contributed by atoms with Gasteiger partial charge >= 0.3 is 6.01 Å². The summed E-state index contributed by atoms with van der Waals surface area (Å²) in [7, 11) is 0. The van der Waals surface area contributed by atoms with Gasteiger partial charge in [0.2, 0.25) is 5.89 Å². The lowest BCUT2D eigenvalue weighted by atomic mass is 10.0. The number of aryl methyl sites for hydroxylation is 1. The molecular weight excluding hydrogens is 416 g/mol. The molecule has 0 radical (unpaired) electrons. The van der Waals surface area contributed by atoms with Crippen LogP contribution in [0.2, 0.25) is 0 Å². The third kappa shape index (κ3) is 3.99. The molecule has 1 unspecified atom stereocenters. The van der Waals surface area contributed by atoms with E-state index in [1.165, 1.54) is 5.56 Å². The fourth-order valence-corrected chi connectivity index (χ4v) is 4.41. The molecule has 1 N–H and O–H groups in total. The highest BCUT2D eigenvalue weighted by atomic mass is 16.4. The summed E-state index contributed by atoms with van der Waals surface area (Å²) in [6.45, 7) is 7.48. The normalized spacial score (nSPS) is 15.5. The number of piperazine rings is 1. The quantitative estimate of drug-likeness (QED) is 0.517. The third-order valence-electron chi connectivity index (χ3n) is 6.36. The molecule has 2 aromatic heterocycles. The highest BCUT2D eigenvalue weighted by Crippen LogP contribution is 2.27. The zero-order valence-corrected chi connectivity index (χ0v) is 18.6. The van der Waals surface area contributed by atoms with Crippen LogP contribution in [0.15, 0.2) is 57.7 Å². The molecule has 166 valence electrons. The number of pyridine rings is 1. The SMILES string of the molecule is Cc1nnc(N2CCN(C(C)c3ccc(-c4cc5c(C#N)cccc5c(=O)[nH]4)cc3)CC2)o1. The number of nitrogens with one attached hydrogen (secondary N) is 1. The number of hydrogen-bond acceptors (Lipinski definition) is 7. The van der Waals surface area contributed by atoms with Gasteiger partial charge in [0.1, 0.15) is 0 Å². The van der Waals surface area contributed by atoms with E-state index in [-0.39, 0.29) is 11.6 Å². The van der Waals surface area contributed by atoms with Crippen molar-refractivity contribution in [3.05, 3.63) is 75.9 Å². The Morgan fingerprint density at radius 3 is 2.48 bits per heavy atom. The molecule has 1 aliphatic rings. The molecule has 3 heterocycles.